The van der Waals surface area contributed by atoms with Gasteiger partial charge in [-0.3, -0.25) is 0 Å². The van der Waals surface area contributed by atoms with Gasteiger partial charge in [-0.25, -0.2) is 0 Å². The first-order valence-corrected chi connectivity index (χ1v) is 21.1. The van der Waals surface area contributed by atoms with Gasteiger partial charge in [0.05, 0.1) is 4.88 Å². The van der Waals surface area contributed by atoms with Crippen molar-refractivity contribution < 1.29 is 5.11 Å². The quantitative estimate of drug-likeness (QED) is 0.174. The fourth-order valence-electron chi connectivity index (χ4n) is 8.42. The molecule has 1 aliphatic rings. The Morgan fingerprint density at radius 1 is 0.414 bits per heavy atom. The highest BCUT2D eigenvalue weighted by molar-refractivity contribution is 7.10. The second kappa shape index (κ2) is 14.4. The monoisotopic (exact) mass is 771 g/mol. The summed E-state index contributed by atoms with van der Waals surface area (Å²) in [6.45, 7) is 13.4. The number of aliphatic hydroxyl groups is 1. The summed E-state index contributed by atoms with van der Waals surface area (Å²) in [5.41, 5.74) is 15.2. The average molecular weight is 772 g/mol. The summed E-state index contributed by atoms with van der Waals surface area (Å²) in [4.78, 5) is 3.28. The van der Waals surface area contributed by atoms with E-state index in [1.54, 1.807) is 11.3 Å². The van der Waals surface area contributed by atoms with Gasteiger partial charge in [0.2, 0.25) is 0 Å². The molecule has 0 fully saturated rings. The number of benzene rings is 7. The minimum Gasteiger partial charge on any atom is -0.375 e. The molecule has 0 bridgehead atoms. The van der Waals surface area contributed by atoms with Crippen LogP contribution in [0.15, 0.2) is 181 Å². The summed E-state index contributed by atoms with van der Waals surface area (Å²) >= 11 is 1.64. The third-order valence-electron chi connectivity index (χ3n) is 11.7. The van der Waals surface area contributed by atoms with Crippen molar-refractivity contribution in [3.8, 4) is 44.5 Å². The highest BCUT2D eigenvalue weighted by Gasteiger charge is 2.46. The molecule has 0 amide bonds. The summed E-state index contributed by atoms with van der Waals surface area (Å²) < 4.78 is 0. The molecule has 1 aliphatic carbocycles. The Bertz CT molecular complexity index is 2670. The van der Waals surface area contributed by atoms with Crippen LogP contribution in [0.1, 0.15) is 68.7 Å². The molecular formula is C55H49NOS. The van der Waals surface area contributed by atoms with Crippen molar-refractivity contribution in [3.05, 3.63) is 208 Å². The van der Waals surface area contributed by atoms with Crippen LogP contribution >= 0.6 is 11.3 Å². The first-order valence-electron chi connectivity index (χ1n) is 20.2. The molecule has 7 aromatic carbocycles. The van der Waals surface area contributed by atoms with Gasteiger partial charge in [0.1, 0.15) is 0 Å². The van der Waals surface area contributed by atoms with Crippen LogP contribution in [0.5, 0.6) is 0 Å². The highest BCUT2D eigenvalue weighted by atomic mass is 32.1. The molecule has 0 saturated carbocycles. The van der Waals surface area contributed by atoms with Gasteiger partial charge in [0.25, 0.3) is 0 Å². The molecule has 58 heavy (non-hydrogen) atoms. The van der Waals surface area contributed by atoms with E-state index in [0.717, 1.165) is 60.9 Å². The van der Waals surface area contributed by atoms with E-state index in [1.165, 1.54) is 27.8 Å². The van der Waals surface area contributed by atoms with Crippen molar-refractivity contribution in [1.82, 2.24) is 0 Å². The van der Waals surface area contributed by atoms with Crippen molar-refractivity contribution in [2.45, 2.75) is 58.0 Å². The minimum absolute atomic E-state index is 0.0657. The van der Waals surface area contributed by atoms with Crippen molar-refractivity contribution in [2.75, 3.05) is 4.90 Å². The Balaban J connectivity index is 1.15. The molecule has 0 atom stereocenters. The molecule has 286 valence electrons. The van der Waals surface area contributed by atoms with Gasteiger partial charge >= 0.3 is 0 Å². The lowest BCUT2D eigenvalue weighted by Crippen LogP contribution is -2.27. The van der Waals surface area contributed by atoms with Gasteiger partial charge in [-0.05, 0) is 114 Å². The topological polar surface area (TPSA) is 23.5 Å². The summed E-state index contributed by atoms with van der Waals surface area (Å²) in [7, 11) is 0. The Morgan fingerprint density at radius 2 is 0.879 bits per heavy atom. The first-order chi connectivity index (χ1) is 27.9. The van der Waals surface area contributed by atoms with Crippen LogP contribution < -0.4 is 4.90 Å². The molecular weight excluding hydrogens is 723 g/mol. The Kier molecular flexibility index (Phi) is 9.35. The molecule has 0 aliphatic heterocycles. The second-order valence-electron chi connectivity index (χ2n) is 17.6. The van der Waals surface area contributed by atoms with Gasteiger partial charge in [0, 0.05) is 28.2 Å². The number of fused-ring (bicyclic) bond motifs is 3. The summed E-state index contributed by atoms with van der Waals surface area (Å²) in [6, 6.07) is 63.1. The van der Waals surface area contributed by atoms with Crippen molar-refractivity contribution in [2.24, 2.45) is 0 Å². The summed E-state index contributed by atoms with van der Waals surface area (Å²) in [6.07, 6.45) is 0. The van der Waals surface area contributed by atoms with Gasteiger partial charge in [-0.2, -0.15) is 0 Å². The van der Waals surface area contributed by atoms with E-state index in [2.05, 4.69) is 228 Å². The van der Waals surface area contributed by atoms with Crippen LogP contribution in [0.3, 0.4) is 0 Å². The van der Waals surface area contributed by atoms with Crippen LogP contribution in [0, 0.1) is 0 Å². The van der Waals surface area contributed by atoms with Crippen LogP contribution in [0.25, 0.3) is 44.5 Å². The molecule has 0 radical (unpaired) electrons. The smallest absolute Gasteiger partial charge is 0.151 e. The lowest BCUT2D eigenvalue weighted by molar-refractivity contribution is 0.135. The zero-order chi connectivity index (χ0) is 40.2. The molecule has 2 nitrogen and oxygen atoms in total. The molecule has 8 aromatic rings. The average Bonchev–Trinajstić information content (AvgIpc) is 3.83. The Morgan fingerprint density at radius 3 is 1.40 bits per heavy atom. The van der Waals surface area contributed by atoms with Crippen LogP contribution in [-0.4, -0.2) is 5.11 Å². The first kappa shape index (κ1) is 37.6. The van der Waals surface area contributed by atoms with Crippen molar-refractivity contribution >= 4 is 28.4 Å². The van der Waals surface area contributed by atoms with Crippen LogP contribution in [0.2, 0.25) is 0 Å². The predicted molar refractivity (Wildman–Crippen MR) is 247 cm³/mol. The summed E-state index contributed by atoms with van der Waals surface area (Å²) in [5, 5.41) is 15.6. The number of thiophene rings is 1. The molecule has 3 heteroatoms. The highest BCUT2D eigenvalue weighted by Crippen LogP contribution is 2.56. The fourth-order valence-corrected chi connectivity index (χ4v) is 9.47. The number of anilines is 3. The normalized spacial score (nSPS) is 13.2. The molecule has 9 rings (SSSR count). The minimum atomic E-state index is -1.31. The molecule has 0 spiro atoms. The van der Waals surface area contributed by atoms with Gasteiger partial charge in [-0.15, -0.1) is 11.3 Å². The summed E-state index contributed by atoms with van der Waals surface area (Å²) in [5.74, 6) is 0. The van der Waals surface area contributed by atoms with E-state index >= 15 is 0 Å². The zero-order valence-corrected chi connectivity index (χ0v) is 34.9. The van der Waals surface area contributed by atoms with Crippen LogP contribution in [-0.2, 0) is 16.4 Å². The lowest BCUT2D eigenvalue weighted by Gasteiger charge is -2.30. The van der Waals surface area contributed by atoms with E-state index in [0.29, 0.717) is 0 Å². The Hall–Kier alpha value is -6.00. The molecule has 1 heterocycles. The zero-order valence-electron chi connectivity index (χ0n) is 34.1. The molecule has 0 unspecified atom stereocenters. The van der Waals surface area contributed by atoms with Crippen molar-refractivity contribution in [3.63, 3.8) is 0 Å². The lowest BCUT2D eigenvalue weighted by atomic mass is 9.80. The maximum absolute atomic E-state index is 13.4. The predicted octanol–water partition coefficient (Wildman–Crippen LogP) is 15.1. The van der Waals surface area contributed by atoms with E-state index in [-0.39, 0.29) is 10.8 Å². The standard InChI is InChI=1S/C55H49NOS/c1-53(2,3)42-24-30-48-49-31-25-43(54(4,5)6)36-51(49)55(57,50(48)35-42)52-47(32-33-58-52)40-22-28-45(29-23-40)56(44-26-20-39(21-27-44)37-14-9-7-10-15-37)46-19-13-18-41(34-46)38-16-11-8-12-17-38/h7-36,57H,1-6H3. The van der Waals surface area contributed by atoms with E-state index in [9.17, 15) is 5.11 Å². The fraction of sp³-hybridized carbons (Fsp3) is 0.164. The number of rotatable bonds is 7. The Labute approximate surface area is 347 Å². The molecule has 0 saturated heterocycles. The van der Waals surface area contributed by atoms with E-state index < -0.39 is 5.60 Å². The number of hydrogen-bond donors (Lipinski definition) is 1. The van der Waals surface area contributed by atoms with E-state index in [4.69, 9.17) is 0 Å². The second-order valence-corrected chi connectivity index (χ2v) is 18.5. The molecule has 1 N–H and O–H groups in total. The molecule has 1 aromatic heterocycles. The maximum atomic E-state index is 13.4. The van der Waals surface area contributed by atoms with E-state index in [1.807, 2.05) is 0 Å². The van der Waals surface area contributed by atoms with Gasteiger partial charge in [0.15, 0.2) is 5.60 Å². The van der Waals surface area contributed by atoms with Crippen molar-refractivity contribution in [1.29, 1.82) is 0 Å². The third kappa shape index (κ3) is 6.69. The number of hydrogen-bond acceptors (Lipinski definition) is 3. The van der Waals surface area contributed by atoms with Gasteiger partial charge < -0.3 is 10.0 Å². The number of nitrogens with zero attached hydrogens (tertiary/aromatic N) is 1. The SMILES string of the molecule is CC(C)(C)c1ccc2c(c1)C(O)(c1sccc1-c1ccc(N(c3ccc(-c4ccccc4)cc3)c3cccc(-c4ccccc4)c3)cc1)c1cc(C(C)(C)C)ccc1-2. The van der Waals surface area contributed by atoms with Crippen LogP contribution in [0.4, 0.5) is 17.1 Å². The third-order valence-corrected chi connectivity index (χ3v) is 12.7. The maximum Gasteiger partial charge on any atom is 0.151 e. The largest absolute Gasteiger partial charge is 0.375 e. The van der Waals surface area contributed by atoms with Gasteiger partial charge in [-0.1, -0.05) is 175 Å².